The van der Waals surface area contributed by atoms with Gasteiger partial charge in [0.25, 0.3) is 0 Å². The Balaban J connectivity index is 3.97. The van der Waals surface area contributed by atoms with Gasteiger partial charge >= 0.3 is 0 Å². The lowest BCUT2D eigenvalue weighted by atomic mass is 10.2. The number of nitrogens with two attached hydrogens (primary N) is 1. The van der Waals surface area contributed by atoms with E-state index in [9.17, 15) is 4.79 Å². The molecule has 0 aliphatic carbocycles. The Labute approximate surface area is 85.7 Å². The second-order valence-corrected chi connectivity index (χ2v) is 3.54. The van der Waals surface area contributed by atoms with Crippen LogP contribution >= 0.6 is 0 Å². The molecule has 0 fully saturated rings. The molecule has 0 bridgehead atoms. The molecule has 0 saturated heterocycles. The number of nitrogens with zero attached hydrogens (tertiary/aromatic N) is 1. The summed E-state index contributed by atoms with van der Waals surface area (Å²) in [4.78, 5) is 13.2. The largest absolute Gasteiger partial charge is 0.385 e. The predicted octanol–water partition coefficient (Wildman–Crippen LogP) is 0.385. The topological polar surface area (TPSA) is 55.6 Å². The Kier molecular flexibility index (Phi) is 6.16. The van der Waals surface area contributed by atoms with E-state index in [0.29, 0.717) is 19.6 Å². The minimum atomic E-state index is -0.473. The van der Waals surface area contributed by atoms with E-state index in [2.05, 4.69) is 6.58 Å². The van der Waals surface area contributed by atoms with Crippen LogP contribution in [0.15, 0.2) is 12.2 Å². The summed E-state index contributed by atoms with van der Waals surface area (Å²) in [5.74, 6) is -0.0648. The SMILES string of the molecule is C=C(C)CN(C)C(=O)C(N)CCOC. The van der Waals surface area contributed by atoms with Crippen LogP contribution in [0.1, 0.15) is 13.3 Å². The molecule has 1 unspecified atom stereocenters. The second-order valence-electron chi connectivity index (χ2n) is 3.54. The number of carbonyl (C=O) groups excluding carboxylic acids is 1. The summed E-state index contributed by atoms with van der Waals surface area (Å²) >= 11 is 0. The average Bonchev–Trinajstić information content (AvgIpc) is 2.11. The zero-order valence-electron chi connectivity index (χ0n) is 9.25. The van der Waals surface area contributed by atoms with Gasteiger partial charge in [-0.15, -0.1) is 0 Å². The summed E-state index contributed by atoms with van der Waals surface area (Å²) in [6.45, 7) is 6.68. The number of hydrogen-bond acceptors (Lipinski definition) is 3. The highest BCUT2D eigenvalue weighted by molar-refractivity contribution is 5.81. The van der Waals surface area contributed by atoms with Crippen LogP contribution in [0.3, 0.4) is 0 Å². The van der Waals surface area contributed by atoms with Gasteiger partial charge in [0.05, 0.1) is 6.04 Å². The van der Waals surface area contributed by atoms with Crippen molar-refractivity contribution in [1.82, 2.24) is 4.90 Å². The summed E-state index contributed by atoms with van der Waals surface area (Å²) in [6.07, 6.45) is 0.551. The summed E-state index contributed by atoms with van der Waals surface area (Å²) in [5.41, 5.74) is 6.62. The fourth-order valence-electron chi connectivity index (χ4n) is 1.13. The number of carbonyl (C=O) groups is 1. The minimum absolute atomic E-state index is 0.0648. The molecule has 0 aromatic rings. The first-order valence-corrected chi connectivity index (χ1v) is 4.63. The second kappa shape index (κ2) is 6.56. The highest BCUT2D eigenvalue weighted by Gasteiger charge is 2.17. The van der Waals surface area contributed by atoms with Gasteiger partial charge in [-0.25, -0.2) is 0 Å². The number of methoxy groups -OCH3 is 1. The lowest BCUT2D eigenvalue weighted by Crippen LogP contribution is -2.42. The van der Waals surface area contributed by atoms with Gasteiger partial charge in [-0.2, -0.15) is 0 Å². The Hall–Kier alpha value is -0.870. The van der Waals surface area contributed by atoms with Crippen molar-refractivity contribution >= 4 is 5.91 Å². The molecule has 14 heavy (non-hydrogen) atoms. The monoisotopic (exact) mass is 200 g/mol. The standard InChI is InChI=1S/C10H20N2O2/c1-8(2)7-12(3)10(13)9(11)5-6-14-4/h9H,1,5-7,11H2,2-4H3. The fourth-order valence-corrected chi connectivity index (χ4v) is 1.13. The normalized spacial score (nSPS) is 12.3. The van der Waals surface area contributed by atoms with Gasteiger partial charge in [0.2, 0.25) is 5.91 Å². The molecule has 0 saturated carbocycles. The Morgan fingerprint density at radius 1 is 1.64 bits per heavy atom. The first-order valence-electron chi connectivity index (χ1n) is 4.63. The van der Waals surface area contributed by atoms with Crippen LogP contribution in [-0.4, -0.2) is 44.2 Å². The third-order valence-corrected chi connectivity index (χ3v) is 1.83. The molecule has 0 spiro atoms. The lowest BCUT2D eigenvalue weighted by Gasteiger charge is -2.21. The maximum Gasteiger partial charge on any atom is 0.239 e. The van der Waals surface area contributed by atoms with Crippen molar-refractivity contribution in [2.45, 2.75) is 19.4 Å². The van der Waals surface area contributed by atoms with E-state index in [4.69, 9.17) is 10.5 Å². The van der Waals surface area contributed by atoms with E-state index in [0.717, 1.165) is 5.57 Å². The maximum absolute atomic E-state index is 11.6. The van der Waals surface area contributed by atoms with E-state index < -0.39 is 6.04 Å². The van der Waals surface area contributed by atoms with Crippen LogP contribution in [-0.2, 0) is 9.53 Å². The molecule has 0 aromatic carbocycles. The molecule has 0 aliphatic heterocycles. The van der Waals surface area contributed by atoms with Crippen molar-refractivity contribution < 1.29 is 9.53 Å². The molecule has 0 rings (SSSR count). The molecule has 1 atom stereocenters. The lowest BCUT2D eigenvalue weighted by molar-refractivity contribution is -0.131. The molecule has 0 radical (unpaired) electrons. The van der Waals surface area contributed by atoms with E-state index in [1.165, 1.54) is 0 Å². The van der Waals surface area contributed by atoms with Gasteiger partial charge in [-0.3, -0.25) is 4.79 Å². The minimum Gasteiger partial charge on any atom is -0.385 e. The molecule has 2 N–H and O–H groups in total. The van der Waals surface area contributed by atoms with Crippen molar-refractivity contribution in [1.29, 1.82) is 0 Å². The smallest absolute Gasteiger partial charge is 0.239 e. The highest BCUT2D eigenvalue weighted by atomic mass is 16.5. The zero-order valence-corrected chi connectivity index (χ0v) is 9.25. The summed E-state index contributed by atoms with van der Waals surface area (Å²) in [7, 11) is 3.32. The molecular formula is C10H20N2O2. The number of amides is 1. The van der Waals surface area contributed by atoms with Crippen LogP contribution < -0.4 is 5.73 Å². The summed E-state index contributed by atoms with van der Waals surface area (Å²) < 4.78 is 4.86. The first-order chi connectivity index (χ1) is 6.49. The number of likely N-dealkylation sites (N-methyl/N-ethyl adjacent to an activating group) is 1. The number of hydrogen-bond donors (Lipinski definition) is 1. The molecular weight excluding hydrogens is 180 g/mol. The zero-order chi connectivity index (χ0) is 11.1. The first kappa shape index (κ1) is 13.1. The Morgan fingerprint density at radius 3 is 2.64 bits per heavy atom. The van der Waals surface area contributed by atoms with E-state index in [-0.39, 0.29) is 5.91 Å². The van der Waals surface area contributed by atoms with Gasteiger partial charge in [0.15, 0.2) is 0 Å². The van der Waals surface area contributed by atoms with Crippen LogP contribution in [0.5, 0.6) is 0 Å². The van der Waals surface area contributed by atoms with Crippen molar-refractivity contribution in [3.05, 3.63) is 12.2 Å². The van der Waals surface area contributed by atoms with Gasteiger partial charge in [-0.1, -0.05) is 12.2 Å². The number of rotatable bonds is 6. The highest BCUT2D eigenvalue weighted by Crippen LogP contribution is 1.98. The van der Waals surface area contributed by atoms with Crippen LogP contribution in [0.2, 0.25) is 0 Å². The molecule has 0 aliphatic rings. The average molecular weight is 200 g/mol. The van der Waals surface area contributed by atoms with E-state index in [1.54, 1.807) is 19.1 Å². The van der Waals surface area contributed by atoms with Gasteiger partial charge in [-0.05, 0) is 13.3 Å². The predicted molar refractivity (Wildman–Crippen MR) is 56.9 cm³/mol. The van der Waals surface area contributed by atoms with Crippen LogP contribution in [0.25, 0.3) is 0 Å². The van der Waals surface area contributed by atoms with Crippen molar-refractivity contribution in [3.8, 4) is 0 Å². The number of ether oxygens (including phenoxy) is 1. The molecule has 4 heteroatoms. The molecule has 1 amide bonds. The third-order valence-electron chi connectivity index (χ3n) is 1.83. The van der Waals surface area contributed by atoms with Crippen LogP contribution in [0, 0.1) is 0 Å². The van der Waals surface area contributed by atoms with Gasteiger partial charge in [0, 0.05) is 27.3 Å². The maximum atomic E-state index is 11.6. The quantitative estimate of drug-likeness (QED) is 0.631. The Morgan fingerprint density at radius 2 is 2.21 bits per heavy atom. The van der Waals surface area contributed by atoms with Gasteiger partial charge in [0.1, 0.15) is 0 Å². The summed E-state index contributed by atoms with van der Waals surface area (Å²) in [6, 6.07) is -0.473. The molecule has 4 nitrogen and oxygen atoms in total. The van der Waals surface area contributed by atoms with Crippen LogP contribution in [0.4, 0.5) is 0 Å². The van der Waals surface area contributed by atoms with Crippen molar-refractivity contribution in [2.24, 2.45) is 5.73 Å². The Bertz CT molecular complexity index is 204. The van der Waals surface area contributed by atoms with Gasteiger partial charge < -0.3 is 15.4 Å². The van der Waals surface area contributed by atoms with Crippen molar-refractivity contribution in [3.63, 3.8) is 0 Å². The third kappa shape index (κ3) is 4.99. The summed E-state index contributed by atoms with van der Waals surface area (Å²) in [5, 5.41) is 0. The molecule has 0 aromatic heterocycles. The van der Waals surface area contributed by atoms with E-state index >= 15 is 0 Å². The van der Waals surface area contributed by atoms with Crippen molar-refractivity contribution in [2.75, 3.05) is 27.3 Å². The van der Waals surface area contributed by atoms with E-state index in [1.807, 2.05) is 6.92 Å². The molecule has 0 heterocycles. The fraction of sp³-hybridized carbons (Fsp3) is 0.700. The molecule has 82 valence electrons.